The predicted molar refractivity (Wildman–Crippen MR) is 113 cm³/mol. The van der Waals surface area contributed by atoms with E-state index in [0.29, 0.717) is 41.7 Å². The first-order chi connectivity index (χ1) is 14.4. The van der Waals surface area contributed by atoms with Gasteiger partial charge in [0.05, 0.1) is 42.4 Å². The third-order valence-corrected chi connectivity index (χ3v) is 4.74. The van der Waals surface area contributed by atoms with Crippen LogP contribution in [-0.4, -0.2) is 28.9 Å². The number of nitrogens with one attached hydrogen (secondary N) is 1. The van der Waals surface area contributed by atoms with E-state index in [1.54, 1.807) is 23.7 Å². The minimum Gasteiger partial charge on any atom is -0.490 e. The van der Waals surface area contributed by atoms with Gasteiger partial charge >= 0.3 is 0 Å². The molecule has 1 amide bonds. The summed E-state index contributed by atoms with van der Waals surface area (Å²) in [6, 6.07) is 11.4. The summed E-state index contributed by atoms with van der Waals surface area (Å²) in [5.74, 6) is 0.772. The molecule has 0 aliphatic carbocycles. The van der Waals surface area contributed by atoms with Crippen molar-refractivity contribution in [2.24, 2.45) is 0 Å². The van der Waals surface area contributed by atoms with Gasteiger partial charge in [0.2, 0.25) is 0 Å². The van der Waals surface area contributed by atoms with Gasteiger partial charge in [-0.25, -0.2) is 9.07 Å². The Balaban J connectivity index is 1.77. The molecule has 7 heteroatoms. The fraction of sp³-hybridized carbons (Fsp3) is 0.304. The number of ether oxygens (including phenoxy) is 2. The summed E-state index contributed by atoms with van der Waals surface area (Å²) < 4.78 is 26.1. The Morgan fingerprint density at radius 3 is 2.43 bits per heavy atom. The number of rotatable bonds is 8. The molecule has 3 rings (SSSR count). The number of nitrogens with zero attached hydrogens (tertiary/aromatic N) is 2. The van der Waals surface area contributed by atoms with Crippen molar-refractivity contribution < 1.29 is 18.7 Å². The second-order valence-corrected chi connectivity index (χ2v) is 6.80. The topological polar surface area (TPSA) is 65.4 Å². The fourth-order valence-corrected chi connectivity index (χ4v) is 3.17. The lowest BCUT2D eigenvalue weighted by Gasteiger charge is -2.17. The minimum atomic E-state index is -0.322. The van der Waals surface area contributed by atoms with Crippen LogP contribution in [0.15, 0.2) is 48.7 Å². The molecule has 30 heavy (non-hydrogen) atoms. The summed E-state index contributed by atoms with van der Waals surface area (Å²) in [5.41, 5.74) is 2.72. The van der Waals surface area contributed by atoms with Crippen molar-refractivity contribution in [3.63, 3.8) is 0 Å². The van der Waals surface area contributed by atoms with Crippen LogP contribution in [0.1, 0.15) is 48.4 Å². The van der Waals surface area contributed by atoms with Crippen LogP contribution in [-0.2, 0) is 0 Å². The first-order valence-electron chi connectivity index (χ1n) is 9.95. The Morgan fingerprint density at radius 2 is 1.77 bits per heavy atom. The molecule has 0 aliphatic heterocycles. The molecule has 0 saturated heterocycles. The summed E-state index contributed by atoms with van der Waals surface area (Å²) in [5, 5.41) is 7.28. The van der Waals surface area contributed by atoms with E-state index in [0.717, 1.165) is 5.56 Å². The van der Waals surface area contributed by atoms with Crippen molar-refractivity contribution in [3.05, 3.63) is 71.3 Å². The summed E-state index contributed by atoms with van der Waals surface area (Å²) in [4.78, 5) is 12.8. The van der Waals surface area contributed by atoms with Gasteiger partial charge in [0, 0.05) is 0 Å². The maximum atomic E-state index is 13.2. The second kappa shape index (κ2) is 9.43. The Labute approximate surface area is 175 Å². The Morgan fingerprint density at radius 1 is 1.10 bits per heavy atom. The number of carbonyl (C=O) groups is 1. The van der Waals surface area contributed by atoms with Gasteiger partial charge in [0.1, 0.15) is 5.82 Å². The largest absolute Gasteiger partial charge is 0.490 e. The van der Waals surface area contributed by atoms with Crippen LogP contribution in [0.5, 0.6) is 11.5 Å². The molecule has 158 valence electrons. The van der Waals surface area contributed by atoms with Gasteiger partial charge in [-0.2, -0.15) is 5.10 Å². The zero-order chi connectivity index (χ0) is 21.7. The number of amides is 1. The van der Waals surface area contributed by atoms with Crippen molar-refractivity contribution in [1.82, 2.24) is 15.1 Å². The number of benzene rings is 2. The van der Waals surface area contributed by atoms with Crippen LogP contribution in [0.4, 0.5) is 4.39 Å². The van der Waals surface area contributed by atoms with Crippen LogP contribution in [0.3, 0.4) is 0 Å². The summed E-state index contributed by atoms with van der Waals surface area (Å²) in [7, 11) is 0. The maximum absolute atomic E-state index is 13.2. The standard InChI is InChI=1S/C23H26FN3O3/c1-5-29-21-12-7-17(13-22(21)30-6-2)15(3)26-23(28)20-14-25-27(16(20)4)19-10-8-18(24)9-11-19/h7-15H,5-6H2,1-4H3,(H,26,28). The van der Waals surface area contributed by atoms with E-state index in [-0.39, 0.29) is 17.8 Å². The average molecular weight is 411 g/mol. The monoisotopic (exact) mass is 411 g/mol. The second-order valence-electron chi connectivity index (χ2n) is 6.80. The van der Waals surface area contributed by atoms with Crippen molar-refractivity contribution in [2.45, 2.75) is 33.7 Å². The summed E-state index contributed by atoms with van der Waals surface area (Å²) in [6.07, 6.45) is 1.52. The van der Waals surface area contributed by atoms with E-state index >= 15 is 0 Å². The summed E-state index contributed by atoms with van der Waals surface area (Å²) in [6.45, 7) is 8.61. The van der Waals surface area contributed by atoms with E-state index in [4.69, 9.17) is 9.47 Å². The Bertz CT molecular complexity index is 1020. The molecule has 1 unspecified atom stereocenters. The van der Waals surface area contributed by atoms with Crippen molar-refractivity contribution in [2.75, 3.05) is 13.2 Å². The highest BCUT2D eigenvalue weighted by atomic mass is 19.1. The Kier molecular flexibility index (Phi) is 6.72. The molecule has 1 atom stereocenters. The number of halogens is 1. The SMILES string of the molecule is CCOc1ccc(C(C)NC(=O)c2cnn(-c3ccc(F)cc3)c2C)cc1OCC. The number of hydrogen-bond acceptors (Lipinski definition) is 4. The van der Waals surface area contributed by atoms with E-state index in [9.17, 15) is 9.18 Å². The number of aromatic nitrogens is 2. The molecular weight excluding hydrogens is 385 g/mol. The maximum Gasteiger partial charge on any atom is 0.255 e. The molecule has 0 fully saturated rings. The van der Waals surface area contributed by atoms with Crippen LogP contribution in [0.2, 0.25) is 0 Å². The van der Waals surface area contributed by atoms with Crippen molar-refractivity contribution in [3.8, 4) is 17.2 Å². The lowest BCUT2D eigenvalue weighted by molar-refractivity contribution is 0.0939. The fourth-order valence-electron chi connectivity index (χ4n) is 3.17. The highest BCUT2D eigenvalue weighted by Gasteiger charge is 2.19. The molecule has 1 N–H and O–H groups in total. The first kappa shape index (κ1) is 21.4. The first-order valence-corrected chi connectivity index (χ1v) is 9.95. The normalized spacial score (nSPS) is 11.8. The van der Waals surface area contributed by atoms with E-state index < -0.39 is 0 Å². The van der Waals surface area contributed by atoms with Gasteiger partial charge < -0.3 is 14.8 Å². The molecule has 2 aromatic carbocycles. The quantitative estimate of drug-likeness (QED) is 0.588. The molecule has 0 saturated carbocycles. The molecule has 0 spiro atoms. The highest BCUT2D eigenvalue weighted by Crippen LogP contribution is 2.31. The molecule has 0 radical (unpaired) electrons. The Hall–Kier alpha value is -3.35. The lowest BCUT2D eigenvalue weighted by Crippen LogP contribution is -2.27. The predicted octanol–water partition coefficient (Wildman–Crippen LogP) is 4.61. The summed E-state index contributed by atoms with van der Waals surface area (Å²) >= 11 is 0. The third-order valence-electron chi connectivity index (χ3n) is 4.74. The van der Waals surface area contributed by atoms with E-state index in [1.165, 1.54) is 18.3 Å². The van der Waals surface area contributed by atoms with Crippen LogP contribution in [0.25, 0.3) is 5.69 Å². The molecule has 1 heterocycles. The van der Waals surface area contributed by atoms with E-state index in [2.05, 4.69) is 10.4 Å². The third kappa shape index (κ3) is 4.62. The van der Waals surface area contributed by atoms with Crippen LogP contribution < -0.4 is 14.8 Å². The molecule has 6 nitrogen and oxygen atoms in total. The molecule has 3 aromatic rings. The van der Waals surface area contributed by atoms with Gasteiger partial charge in [-0.3, -0.25) is 4.79 Å². The van der Waals surface area contributed by atoms with Gasteiger partial charge in [-0.1, -0.05) is 6.07 Å². The number of carbonyl (C=O) groups excluding carboxylic acids is 1. The van der Waals surface area contributed by atoms with Gasteiger partial charge in [-0.05, 0) is 69.7 Å². The van der Waals surface area contributed by atoms with Gasteiger partial charge in [-0.15, -0.1) is 0 Å². The smallest absolute Gasteiger partial charge is 0.255 e. The average Bonchev–Trinajstić information content (AvgIpc) is 3.11. The van der Waals surface area contributed by atoms with Gasteiger partial charge in [0.15, 0.2) is 11.5 Å². The zero-order valence-electron chi connectivity index (χ0n) is 17.6. The zero-order valence-corrected chi connectivity index (χ0v) is 17.6. The minimum absolute atomic E-state index is 0.236. The van der Waals surface area contributed by atoms with E-state index in [1.807, 2.05) is 39.0 Å². The van der Waals surface area contributed by atoms with Crippen LogP contribution >= 0.6 is 0 Å². The van der Waals surface area contributed by atoms with Crippen LogP contribution in [0, 0.1) is 12.7 Å². The number of hydrogen-bond donors (Lipinski definition) is 1. The molecular formula is C23H26FN3O3. The van der Waals surface area contributed by atoms with Crippen molar-refractivity contribution >= 4 is 5.91 Å². The molecule has 1 aromatic heterocycles. The molecule has 0 bridgehead atoms. The highest BCUT2D eigenvalue weighted by molar-refractivity contribution is 5.95. The van der Waals surface area contributed by atoms with Crippen molar-refractivity contribution in [1.29, 1.82) is 0 Å². The molecule has 0 aliphatic rings. The van der Waals surface area contributed by atoms with Gasteiger partial charge in [0.25, 0.3) is 5.91 Å². The lowest BCUT2D eigenvalue weighted by atomic mass is 10.1.